The van der Waals surface area contributed by atoms with Crippen LogP contribution in [-0.2, 0) is 4.79 Å². The van der Waals surface area contributed by atoms with Crippen molar-refractivity contribution >= 4 is 5.91 Å². The van der Waals surface area contributed by atoms with E-state index in [0.717, 1.165) is 30.8 Å². The second-order valence-electron chi connectivity index (χ2n) is 5.75. The van der Waals surface area contributed by atoms with E-state index >= 15 is 0 Å². The molecular weight excluding hydrogens is 276 g/mol. The zero-order valence-corrected chi connectivity index (χ0v) is 14.3. The lowest BCUT2D eigenvalue weighted by atomic mass is 10.0. The smallest absolute Gasteiger partial charge is 0.261 e. The Morgan fingerprint density at radius 1 is 1.14 bits per heavy atom. The molecule has 2 N–H and O–H groups in total. The predicted molar refractivity (Wildman–Crippen MR) is 91.4 cm³/mol. The number of nitrogens with one attached hydrogen (secondary N) is 2. The fourth-order valence-corrected chi connectivity index (χ4v) is 2.23. The van der Waals surface area contributed by atoms with Gasteiger partial charge in [-0.2, -0.15) is 0 Å². The molecule has 0 aliphatic rings. The molecule has 0 heterocycles. The van der Waals surface area contributed by atoms with Crippen molar-refractivity contribution in [3.05, 3.63) is 29.8 Å². The van der Waals surface area contributed by atoms with Crippen LogP contribution in [-0.4, -0.2) is 31.6 Å². The normalized spacial score (nSPS) is 12.2. The van der Waals surface area contributed by atoms with Crippen LogP contribution in [0.15, 0.2) is 24.3 Å². The summed E-state index contributed by atoms with van der Waals surface area (Å²) in [5.74, 6) is 1.14. The van der Waals surface area contributed by atoms with E-state index in [1.54, 1.807) is 0 Å². The van der Waals surface area contributed by atoms with Crippen molar-refractivity contribution < 1.29 is 9.53 Å². The molecule has 0 aromatic heterocycles. The van der Waals surface area contributed by atoms with Crippen molar-refractivity contribution in [1.82, 2.24) is 10.6 Å². The molecule has 1 atom stereocenters. The second kappa shape index (κ2) is 10.2. The highest BCUT2D eigenvalue weighted by molar-refractivity contribution is 5.81. The van der Waals surface area contributed by atoms with Gasteiger partial charge in [0.2, 0.25) is 0 Å². The summed E-state index contributed by atoms with van der Waals surface area (Å²) in [7, 11) is 0. The number of amides is 1. The third kappa shape index (κ3) is 6.06. The van der Waals surface area contributed by atoms with Crippen LogP contribution in [0.4, 0.5) is 0 Å². The molecule has 0 fully saturated rings. The van der Waals surface area contributed by atoms with E-state index in [0.29, 0.717) is 18.9 Å². The quantitative estimate of drug-likeness (QED) is 0.653. The summed E-state index contributed by atoms with van der Waals surface area (Å²) >= 11 is 0. The van der Waals surface area contributed by atoms with Gasteiger partial charge in [-0.25, -0.2) is 0 Å². The molecule has 0 radical (unpaired) electrons. The zero-order chi connectivity index (χ0) is 16.4. The maximum atomic E-state index is 12.2. The first-order valence-corrected chi connectivity index (χ1v) is 8.34. The molecule has 22 heavy (non-hydrogen) atoms. The molecule has 1 amide bonds. The van der Waals surface area contributed by atoms with E-state index in [-0.39, 0.29) is 5.91 Å². The number of carbonyl (C=O) groups excluding carboxylic acids is 1. The Hall–Kier alpha value is -1.55. The van der Waals surface area contributed by atoms with Gasteiger partial charge in [0.05, 0.1) is 0 Å². The van der Waals surface area contributed by atoms with Crippen LogP contribution in [0.5, 0.6) is 5.75 Å². The van der Waals surface area contributed by atoms with Crippen LogP contribution in [0.3, 0.4) is 0 Å². The molecule has 0 bridgehead atoms. The molecule has 124 valence electrons. The predicted octanol–water partition coefficient (Wildman–Crippen LogP) is 3.08. The van der Waals surface area contributed by atoms with E-state index in [1.807, 2.05) is 25.1 Å². The van der Waals surface area contributed by atoms with Crippen LogP contribution < -0.4 is 15.4 Å². The number of para-hydroxylation sites is 1. The molecule has 1 rings (SSSR count). The molecule has 0 spiro atoms. The van der Waals surface area contributed by atoms with Gasteiger partial charge >= 0.3 is 0 Å². The fourth-order valence-electron chi connectivity index (χ4n) is 2.23. The molecular formula is C18H30N2O2. The van der Waals surface area contributed by atoms with Gasteiger partial charge in [-0.05, 0) is 36.9 Å². The molecule has 1 unspecified atom stereocenters. The Balaban J connectivity index is 2.55. The Morgan fingerprint density at radius 3 is 2.50 bits per heavy atom. The SMILES string of the molecule is CCCNCCNC(=O)C(CC)Oc1ccccc1C(C)C. The summed E-state index contributed by atoms with van der Waals surface area (Å²) in [4.78, 5) is 12.2. The first kappa shape index (κ1) is 18.5. The maximum absolute atomic E-state index is 12.2. The minimum Gasteiger partial charge on any atom is -0.480 e. The summed E-state index contributed by atoms with van der Waals surface area (Å²) in [6, 6.07) is 7.94. The monoisotopic (exact) mass is 306 g/mol. The van der Waals surface area contributed by atoms with Crippen molar-refractivity contribution in [3.8, 4) is 5.75 Å². The molecule has 0 aliphatic heterocycles. The number of rotatable bonds is 10. The van der Waals surface area contributed by atoms with Gasteiger partial charge in [0.1, 0.15) is 5.75 Å². The van der Waals surface area contributed by atoms with Gasteiger partial charge < -0.3 is 15.4 Å². The molecule has 0 saturated carbocycles. The molecule has 1 aromatic rings. The largest absolute Gasteiger partial charge is 0.480 e. The number of hydrogen-bond donors (Lipinski definition) is 2. The Kier molecular flexibility index (Phi) is 8.60. The Morgan fingerprint density at radius 2 is 1.86 bits per heavy atom. The minimum absolute atomic E-state index is 0.0423. The highest BCUT2D eigenvalue weighted by atomic mass is 16.5. The summed E-state index contributed by atoms with van der Waals surface area (Å²) in [6.45, 7) is 10.7. The maximum Gasteiger partial charge on any atom is 0.261 e. The second-order valence-corrected chi connectivity index (χ2v) is 5.75. The molecule has 0 saturated heterocycles. The van der Waals surface area contributed by atoms with Crippen LogP contribution in [0.25, 0.3) is 0 Å². The topological polar surface area (TPSA) is 50.4 Å². The third-order valence-corrected chi connectivity index (χ3v) is 3.50. The lowest BCUT2D eigenvalue weighted by Crippen LogP contribution is -2.41. The van der Waals surface area contributed by atoms with Crippen LogP contribution >= 0.6 is 0 Å². The van der Waals surface area contributed by atoms with Gasteiger partial charge in [-0.3, -0.25) is 4.79 Å². The van der Waals surface area contributed by atoms with E-state index in [2.05, 4.69) is 37.5 Å². The molecule has 4 nitrogen and oxygen atoms in total. The van der Waals surface area contributed by atoms with Crippen molar-refractivity contribution in [3.63, 3.8) is 0 Å². The van der Waals surface area contributed by atoms with Gasteiger partial charge in [-0.1, -0.05) is 45.9 Å². The van der Waals surface area contributed by atoms with Crippen molar-refractivity contribution in [2.75, 3.05) is 19.6 Å². The van der Waals surface area contributed by atoms with Crippen LogP contribution in [0.1, 0.15) is 52.0 Å². The Labute approximate surface area is 134 Å². The zero-order valence-electron chi connectivity index (χ0n) is 14.3. The van der Waals surface area contributed by atoms with Gasteiger partial charge in [0, 0.05) is 13.1 Å². The third-order valence-electron chi connectivity index (χ3n) is 3.50. The molecule has 4 heteroatoms. The highest BCUT2D eigenvalue weighted by Crippen LogP contribution is 2.27. The minimum atomic E-state index is -0.439. The number of ether oxygens (including phenoxy) is 1. The van der Waals surface area contributed by atoms with E-state index in [9.17, 15) is 4.79 Å². The summed E-state index contributed by atoms with van der Waals surface area (Å²) in [5.41, 5.74) is 1.14. The summed E-state index contributed by atoms with van der Waals surface area (Å²) in [5, 5.41) is 6.20. The van der Waals surface area contributed by atoms with E-state index in [1.165, 1.54) is 0 Å². The van der Waals surface area contributed by atoms with Gasteiger partial charge in [0.15, 0.2) is 6.10 Å². The highest BCUT2D eigenvalue weighted by Gasteiger charge is 2.19. The van der Waals surface area contributed by atoms with Gasteiger partial charge in [-0.15, -0.1) is 0 Å². The lowest BCUT2D eigenvalue weighted by molar-refractivity contribution is -0.128. The molecule has 1 aromatic carbocycles. The number of hydrogen-bond acceptors (Lipinski definition) is 3. The van der Waals surface area contributed by atoms with Crippen LogP contribution in [0, 0.1) is 0 Å². The van der Waals surface area contributed by atoms with Gasteiger partial charge in [0.25, 0.3) is 5.91 Å². The number of benzene rings is 1. The first-order valence-electron chi connectivity index (χ1n) is 8.34. The van der Waals surface area contributed by atoms with E-state index in [4.69, 9.17) is 4.74 Å². The van der Waals surface area contributed by atoms with Crippen molar-refractivity contribution in [2.24, 2.45) is 0 Å². The lowest BCUT2D eigenvalue weighted by Gasteiger charge is -2.20. The van der Waals surface area contributed by atoms with Crippen molar-refractivity contribution in [2.45, 2.75) is 52.6 Å². The average Bonchev–Trinajstić information content (AvgIpc) is 2.52. The molecule has 0 aliphatic carbocycles. The standard InChI is InChI=1S/C18H30N2O2/c1-5-11-19-12-13-20-18(21)16(6-2)22-17-10-8-7-9-15(17)14(3)4/h7-10,14,16,19H,5-6,11-13H2,1-4H3,(H,20,21). The average molecular weight is 306 g/mol. The fraction of sp³-hybridized carbons (Fsp3) is 0.611. The van der Waals surface area contributed by atoms with E-state index < -0.39 is 6.10 Å². The van der Waals surface area contributed by atoms with Crippen molar-refractivity contribution in [1.29, 1.82) is 0 Å². The number of carbonyl (C=O) groups is 1. The summed E-state index contributed by atoms with van der Waals surface area (Å²) in [6.07, 6.45) is 1.31. The van der Waals surface area contributed by atoms with Crippen LogP contribution in [0.2, 0.25) is 0 Å². The first-order chi connectivity index (χ1) is 10.6. The Bertz CT molecular complexity index is 446. The summed E-state index contributed by atoms with van der Waals surface area (Å²) < 4.78 is 5.96.